The summed E-state index contributed by atoms with van der Waals surface area (Å²) in [6, 6.07) is 20.5. The van der Waals surface area contributed by atoms with Crippen molar-refractivity contribution < 1.29 is 14.3 Å². The van der Waals surface area contributed by atoms with Gasteiger partial charge < -0.3 is 20.7 Å². The van der Waals surface area contributed by atoms with Crippen molar-refractivity contribution >= 4 is 29.1 Å². The van der Waals surface area contributed by atoms with Crippen LogP contribution in [0.25, 0.3) is 0 Å². The van der Waals surface area contributed by atoms with E-state index in [-0.39, 0.29) is 30.4 Å². The number of hydrogen-bond donors (Lipinski definition) is 2. The Labute approximate surface area is 221 Å². The SMILES string of the molecule is COc1cccc(C(=O)Nc2ccc(Cl)c(CN(C(=O)c3ccc(C#N)cc3)C3CCCCC3N)c2)c1. The van der Waals surface area contributed by atoms with Gasteiger partial charge in [-0.1, -0.05) is 30.5 Å². The third-order valence-corrected chi connectivity index (χ3v) is 7.05. The van der Waals surface area contributed by atoms with E-state index in [1.165, 1.54) is 0 Å². The van der Waals surface area contributed by atoms with E-state index in [1.54, 1.807) is 78.7 Å². The van der Waals surface area contributed by atoms with E-state index in [9.17, 15) is 9.59 Å². The first-order valence-corrected chi connectivity index (χ1v) is 12.6. The molecular weight excluding hydrogens is 488 g/mol. The number of hydrogen-bond acceptors (Lipinski definition) is 5. The van der Waals surface area contributed by atoms with Crippen LogP contribution >= 0.6 is 11.6 Å². The number of amides is 2. The molecule has 1 aliphatic rings. The number of rotatable bonds is 7. The molecular formula is C29H29ClN4O3. The van der Waals surface area contributed by atoms with E-state index in [2.05, 4.69) is 11.4 Å². The Morgan fingerprint density at radius 2 is 1.84 bits per heavy atom. The largest absolute Gasteiger partial charge is 0.497 e. The average Bonchev–Trinajstić information content (AvgIpc) is 2.93. The molecule has 0 saturated heterocycles. The Hall–Kier alpha value is -3.86. The molecule has 0 radical (unpaired) electrons. The van der Waals surface area contributed by atoms with Crippen molar-refractivity contribution in [2.24, 2.45) is 5.73 Å². The van der Waals surface area contributed by atoms with Crippen LogP contribution in [0.1, 0.15) is 57.5 Å². The summed E-state index contributed by atoms with van der Waals surface area (Å²) in [7, 11) is 1.55. The summed E-state index contributed by atoms with van der Waals surface area (Å²) in [6.45, 7) is 0.235. The topological polar surface area (TPSA) is 108 Å². The van der Waals surface area contributed by atoms with Gasteiger partial charge in [0.05, 0.1) is 18.7 Å². The Bertz CT molecular complexity index is 1320. The maximum absolute atomic E-state index is 13.7. The number of nitrogens with zero attached hydrogens (tertiary/aromatic N) is 2. The van der Waals surface area contributed by atoms with Crippen molar-refractivity contribution in [3.63, 3.8) is 0 Å². The summed E-state index contributed by atoms with van der Waals surface area (Å²) < 4.78 is 5.21. The van der Waals surface area contributed by atoms with Gasteiger partial charge in [-0.05, 0) is 79.1 Å². The number of anilines is 1. The average molecular weight is 517 g/mol. The van der Waals surface area contributed by atoms with E-state index < -0.39 is 0 Å². The second-order valence-corrected chi connectivity index (χ2v) is 9.54. The van der Waals surface area contributed by atoms with Crippen molar-refractivity contribution in [3.05, 3.63) is 94.0 Å². The van der Waals surface area contributed by atoms with E-state index >= 15 is 0 Å². The highest BCUT2D eigenvalue weighted by molar-refractivity contribution is 6.31. The first-order valence-electron chi connectivity index (χ1n) is 12.2. The molecule has 7 nitrogen and oxygen atoms in total. The van der Waals surface area contributed by atoms with Crippen LogP contribution in [0, 0.1) is 11.3 Å². The number of carbonyl (C=O) groups excluding carboxylic acids is 2. The number of nitrogens with two attached hydrogens (primary N) is 1. The molecule has 3 aromatic carbocycles. The molecule has 2 amide bonds. The fourth-order valence-electron chi connectivity index (χ4n) is 4.64. The van der Waals surface area contributed by atoms with Crippen molar-refractivity contribution in [2.75, 3.05) is 12.4 Å². The molecule has 3 aromatic rings. The number of carbonyl (C=O) groups is 2. The van der Waals surface area contributed by atoms with Crippen LogP contribution in [-0.2, 0) is 6.54 Å². The first-order chi connectivity index (χ1) is 17.9. The molecule has 1 saturated carbocycles. The zero-order chi connectivity index (χ0) is 26.4. The van der Waals surface area contributed by atoms with Crippen LogP contribution in [0.2, 0.25) is 5.02 Å². The standard InChI is InChI=1S/C29H29ClN4O3/c1-37-24-6-4-5-21(16-24)28(35)33-23-13-14-25(30)22(15-23)18-34(27-8-3-2-7-26(27)32)29(36)20-11-9-19(17-31)10-12-20/h4-6,9-16,26-27H,2-3,7-8,18,32H2,1H3,(H,33,35). The fraction of sp³-hybridized carbons (Fsp3) is 0.276. The molecule has 0 aliphatic heterocycles. The lowest BCUT2D eigenvalue weighted by Crippen LogP contribution is -2.51. The molecule has 190 valence electrons. The van der Waals surface area contributed by atoms with E-state index in [1.807, 2.05) is 0 Å². The molecule has 1 fully saturated rings. The highest BCUT2D eigenvalue weighted by Crippen LogP contribution is 2.29. The molecule has 0 aromatic heterocycles. The van der Waals surface area contributed by atoms with Crippen LogP contribution < -0.4 is 15.8 Å². The number of ether oxygens (including phenoxy) is 1. The quantitative estimate of drug-likeness (QED) is 0.438. The zero-order valence-electron chi connectivity index (χ0n) is 20.6. The van der Waals surface area contributed by atoms with Gasteiger partial charge in [0.1, 0.15) is 5.75 Å². The number of methoxy groups -OCH3 is 1. The third kappa shape index (κ3) is 6.29. The fourth-order valence-corrected chi connectivity index (χ4v) is 4.82. The minimum absolute atomic E-state index is 0.147. The van der Waals surface area contributed by atoms with Crippen LogP contribution in [0.3, 0.4) is 0 Å². The Balaban J connectivity index is 1.60. The molecule has 1 aliphatic carbocycles. The lowest BCUT2D eigenvalue weighted by atomic mass is 9.89. The molecule has 2 atom stereocenters. The van der Waals surface area contributed by atoms with Crippen LogP contribution in [0.15, 0.2) is 66.7 Å². The Morgan fingerprint density at radius 1 is 1.08 bits per heavy atom. The molecule has 0 heterocycles. The monoisotopic (exact) mass is 516 g/mol. The molecule has 0 bridgehead atoms. The normalized spacial score (nSPS) is 16.9. The van der Waals surface area contributed by atoms with Gasteiger partial charge in [-0.2, -0.15) is 5.26 Å². The summed E-state index contributed by atoms with van der Waals surface area (Å²) in [5, 5.41) is 12.5. The van der Waals surface area contributed by atoms with Gasteiger partial charge in [-0.3, -0.25) is 9.59 Å². The Kier molecular flexibility index (Phi) is 8.44. The molecule has 4 rings (SSSR count). The summed E-state index contributed by atoms with van der Waals surface area (Å²) in [5.74, 6) is 0.130. The van der Waals surface area contributed by atoms with Gasteiger partial charge in [0, 0.05) is 40.5 Å². The summed E-state index contributed by atoms with van der Waals surface area (Å²) in [4.78, 5) is 28.3. The van der Waals surface area contributed by atoms with Gasteiger partial charge in [0.25, 0.3) is 11.8 Å². The summed E-state index contributed by atoms with van der Waals surface area (Å²) in [5.41, 5.74) is 9.17. The number of nitriles is 1. The van der Waals surface area contributed by atoms with E-state index in [4.69, 9.17) is 27.3 Å². The third-order valence-electron chi connectivity index (χ3n) is 6.68. The van der Waals surface area contributed by atoms with Gasteiger partial charge in [0.2, 0.25) is 0 Å². The number of nitrogens with one attached hydrogen (secondary N) is 1. The van der Waals surface area contributed by atoms with E-state index in [0.717, 1.165) is 25.7 Å². The van der Waals surface area contributed by atoms with Gasteiger partial charge >= 0.3 is 0 Å². The number of halogens is 1. The minimum Gasteiger partial charge on any atom is -0.497 e. The van der Waals surface area contributed by atoms with Gasteiger partial charge in [-0.15, -0.1) is 0 Å². The molecule has 0 spiro atoms. The minimum atomic E-state index is -0.285. The number of benzene rings is 3. The van der Waals surface area contributed by atoms with Crippen LogP contribution in [0.5, 0.6) is 5.75 Å². The van der Waals surface area contributed by atoms with Crippen molar-refractivity contribution in [2.45, 2.75) is 44.3 Å². The Morgan fingerprint density at radius 3 is 2.54 bits per heavy atom. The van der Waals surface area contributed by atoms with Crippen molar-refractivity contribution in [1.82, 2.24) is 4.90 Å². The second kappa shape index (κ2) is 11.9. The van der Waals surface area contributed by atoms with E-state index in [0.29, 0.717) is 38.7 Å². The first kappa shape index (κ1) is 26.2. The molecule has 8 heteroatoms. The highest BCUT2D eigenvalue weighted by atomic mass is 35.5. The molecule has 3 N–H and O–H groups in total. The second-order valence-electron chi connectivity index (χ2n) is 9.13. The highest BCUT2D eigenvalue weighted by Gasteiger charge is 2.32. The van der Waals surface area contributed by atoms with Crippen LogP contribution in [0.4, 0.5) is 5.69 Å². The van der Waals surface area contributed by atoms with Gasteiger partial charge in [0.15, 0.2) is 0 Å². The predicted molar refractivity (Wildman–Crippen MR) is 144 cm³/mol. The smallest absolute Gasteiger partial charge is 0.255 e. The maximum Gasteiger partial charge on any atom is 0.255 e. The summed E-state index contributed by atoms with van der Waals surface area (Å²) >= 11 is 6.56. The summed E-state index contributed by atoms with van der Waals surface area (Å²) in [6.07, 6.45) is 3.66. The maximum atomic E-state index is 13.7. The zero-order valence-corrected chi connectivity index (χ0v) is 21.4. The molecule has 2 unspecified atom stereocenters. The van der Waals surface area contributed by atoms with Gasteiger partial charge in [-0.25, -0.2) is 0 Å². The lowest BCUT2D eigenvalue weighted by molar-refractivity contribution is 0.0583. The lowest BCUT2D eigenvalue weighted by Gasteiger charge is -2.38. The predicted octanol–water partition coefficient (Wildman–Crippen LogP) is 5.38. The molecule has 37 heavy (non-hydrogen) atoms. The van der Waals surface area contributed by atoms with Crippen molar-refractivity contribution in [1.29, 1.82) is 5.26 Å². The van der Waals surface area contributed by atoms with Crippen LogP contribution in [-0.4, -0.2) is 35.9 Å². The van der Waals surface area contributed by atoms with Crippen molar-refractivity contribution in [3.8, 4) is 11.8 Å².